The zero-order valence-electron chi connectivity index (χ0n) is 12.0. The number of carboxylic acids is 2. The molecule has 0 bridgehead atoms. The van der Waals surface area contributed by atoms with Gasteiger partial charge in [-0.05, 0) is 12.1 Å². The number of nitrogens with one attached hydrogen (secondary N) is 1. The Bertz CT molecular complexity index is 584. The molecule has 0 fully saturated rings. The number of carbonyl (C=O) groups excluding carboxylic acids is 1. The van der Waals surface area contributed by atoms with Gasteiger partial charge in [0.25, 0.3) is 5.91 Å². The Kier molecular flexibility index (Phi) is 7.72. The summed E-state index contributed by atoms with van der Waals surface area (Å²) in [5.74, 6) is -2.70. The number of hydrogen-bond acceptors (Lipinski definition) is 7. The van der Waals surface area contributed by atoms with Gasteiger partial charge >= 0.3 is 11.9 Å². The summed E-state index contributed by atoms with van der Waals surface area (Å²) in [4.78, 5) is 33.8. The van der Waals surface area contributed by atoms with Gasteiger partial charge in [-0.2, -0.15) is 0 Å². The van der Waals surface area contributed by atoms with Crippen LogP contribution in [0.3, 0.4) is 0 Å². The summed E-state index contributed by atoms with van der Waals surface area (Å²) in [6.45, 7) is 0. The molecule has 0 spiro atoms. The summed E-state index contributed by atoms with van der Waals surface area (Å²) in [7, 11) is 2.26. The number of nitrogens with two attached hydrogens (primary N) is 2. The first-order valence-corrected chi connectivity index (χ1v) is 8.92. The molecule has 7 N–H and O–H groups in total. The Balaban J connectivity index is 2.53. The molecule has 0 aromatic heterocycles. The lowest BCUT2D eigenvalue weighted by atomic mass is 10.1. The van der Waals surface area contributed by atoms with Crippen molar-refractivity contribution in [1.29, 1.82) is 0 Å². The fourth-order valence-corrected chi connectivity index (χ4v) is 3.69. The number of aliphatic carboxylic acids is 2. The highest BCUT2D eigenvalue weighted by Crippen LogP contribution is 2.23. The Hall–Kier alpha value is -1.91. The predicted molar refractivity (Wildman–Crippen MR) is 90.3 cm³/mol. The number of amides is 1. The van der Waals surface area contributed by atoms with Crippen LogP contribution in [0.25, 0.3) is 0 Å². The van der Waals surface area contributed by atoms with E-state index in [2.05, 4.69) is 5.32 Å². The van der Waals surface area contributed by atoms with Crippen molar-refractivity contribution in [2.24, 2.45) is 5.73 Å². The van der Waals surface area contributed by atoms with Gasteiger partial charge in [0.15, 0.2) is 0 Å². The molecule has 1 aromatic rings. The molecule has 0 aliphatic carbocycles. The average Bonchev–Trinajstić information content (AvgIpc) is 2.49. The Morgan fingerprint density at radius 2 is 1.70 bits per heavy atom. The van der Waals surface area contributed by atoms with Crippen LogP contribution in [0.1, 0.15) is 10.4 Å². The lowest BCUT2D eigenvalue weighted by Crippen LogP contribution is -2.42. The molecule has 0 radical (unpaired) electrons. The van der Waals surface area contributed by atoms with E-state index in [1.54, 1.807) is 18.2 Å². The zero-order valence-corrected chi connectivity index (χ0v) is 13.6. The first kappa shape index (κ1) is 19.1. The summed E-state index contributed by atoms with van der Waals surface area (Å²) >= 11 is 0. The molecule has 10 heteroatoms. The van der Waals surface area contributed by atoms with Crippen molar-refractivity contribution in [1.82, 2.24) is 5.32 Å². The minimum Gasteiger partial charge on any atom is -0.480 e. The van der Waals surface area contributed by atoms with Gasteiger partial charge in [-0.1, -0.05) is 33.7 Å². The van der Waals surface area contributed by atoms with Crippen molar-refractivity contribution in [2.45, 2.75) is 12.1 Å². The molecule has 8 nitrogen and oxygen atoms in total. The standard InChI is InChI=1S/C13H17N3O5S2/c14-8-4-2-1-3-7(8)11(17)16-10(13(20)21)6-23-22-5-9(15)12(18)19/h1-4,9-10H,5-6,14-15H2,(H,16,17)(H,18,19)(H,20,21). The topological polar surface area (TPSA) is 156 Å². The molecule has 1 rings (SSSR count). The van der Waals surface area contributed by atoms with Crippen LogP contribution in [0.5, 0.6) is 0 Å². The maximum absolute atomic E-state index is 12.0. The van der Waals surface area contributed by atoms with Gasteiger partial charge in [0.05, 0.1) is 5.56 Å². The van der Waals surface area contributed by atoms with E-state index in [4.69, 9.17) is 21.7 Å². The molecular formula is C13H17N3O5S2. The fourth-order valence-electron chi connectivity index (χ4n) is 1.42. The van der Waals surface area contributed by atoms with Gasteiger partial charge < -0.3 is 27.0 Å². The summed E-state index contributed by atoms with van der Waals surface area (Å²) < 4.78 is 0. The number of carbonyl (C=O) groups is 3. The minimum absolute atomic E-state index is 0.0603. The number of nitrogen functional groups attached to an aromatic ring is 1. The molecule has 0 saturated carbocycles. The third kappa shape index (κ3) is 6.38. The lowest BCUT2D eigenvalue weighted by Gasteiger charge is -2.15. The highest BCUT2D eigenvalue weighted by molar-refractivity contribution is 8.76. The molecule has 23 heavy (non-hydrogen) atoms. The Morgan fingerprint density at radius 3 is 2.26 bits per heavy atom. The zero-order chi connectivity index (χ0) is 17.4. The van der Waals surface area contributed by atoms with E-state index in [9.17, 15) is 14.4 Å². The molecule has 0 heterocycles. The predicted octanol–water partition coefficient (Wildman–Crippen LogP) is 0.245. The van der Waals surface area contributed by atoms with Crippen LogP contribution < -0.4 is 16.8 Å². The van der Waals surface area contributed by atoms with Crippen LogP contribution in [0, 0.1) is 0 Å². The molecule has 1 amide bonds. The van der Waals surface area contributed by atoms with E-state index < -0.39 is 29.9 Å². The van der Waals surface area contributed by atoms with E-state index >= 15 is 0 Å². The van der Waals surface area contributed by atoms with Crippen LogP contribution in [0.2, 0.25) is 0 Å². The minimum atomic E-state index is -1.19. The van der Waals surface area contributed by atoms with Crippen LogP contribution in [0.4, 0.5) is 5.69 Å². The Labute approximate surface area is 140 Å². The highest BCUT2D eigenvalue weighted by Gasteiger charge is 2.22. The number of hydrogen-bond donors (Lipinski definition) is 5. The van der Waals surface area contributed by atoms with Gasteiger partial charge in [0, 0.05) is 17.2 Å². The monoisotopic (exact) mass is 359 g/mol. The number of carboxylic acid groups (broad SMARTS) is 2. The average molecular weight is 359 g/mol. The van der Waals surface area contributed by atoms with E-state index in [0.29, 0.717) is 0 Å². The SMILES string of the molecule is Nc1ccccc1C(=O)NC(CSSCC(N)C(=O)O)C(=O)O. The maximum atomic E-state index is 12.0. The van der Waals surface area contributed by atoms with Crippen LogP contribution in [-0.4, -0.2) is 51.6 Å². The molecule has 0 saturated heterocycles. The summed E-state index contributed by atoms with van der Waals surface area (Å²) in [6, 6.07) is 4.19. The fraction of sp³-hybridized carbons (Fsp3) is 0.308. The van der Waals surface area contributed by atoms with Crippen LogP contribution in [0.15, 0.2) is 24.3 Å². The number of benzene rings is 1. The lowest BCUT2D eigenvalue weighted by molar-refractivity contribution is -0.139. The van der Waals surface area contributed by atoms with Crippen molar-refractivity contribution in [3.8, 4) is 0 Å². The summed E-state index contributed by atoms with van der Waals surface area (Å²) in [5, 5.41) is 20.2. The van der Waals surface area contributed by atoms with Crippen molar-refractivity contribution in [3.63, 3.8) is 0 Å². The van der Waals surface area contributed by atoms with Crippen LogP contribution in [-0.2, 0) is 9.59 Å². The van der Waals surface area contributed by atoms with Crippen molar-refractivity contribution >= 4 is 45.1 Å². The summed E-state index contributed by atoms with van der Waals surface area (Å²) in [5.41, 5.74) is 11.5. The van der Waals surface area contributed by atoms with Gasteiger partial charge in [0.1, 0.15) is 12.1 Å². The highest BCUT2D eigenvalue weighted by atomic mass is 33.1. The maximum Gasteiger partial charge on any atom is 0.327 e. The van der Waals surface area contributed by atoms with E-state index in [1.165, 1.54) is 6.07 Å². The largest absolute Gasteiger partial charge is 0.480 e. The second-order valence-corrected chi connectivity index (χ2v) is 7.02. The second-order valence-electron chi connectivity index (χ2n) is 4.47. The van der Waals surface area contributed by atoms with E-state index in [0.717, 1.165) is 21.6 Å². The quantitative estimate of drug-likeness (QED) is 0.237. The first-order chi connectivity index (χ1) is 10.8. The van der Waals surface area contributed by atoms with Crippen molar-refractivity contribution in [3.05, 3.63) is 29.8 Å². The molecular weight excluding hydrogens is 342 g/mol. The van der Waals surface area contributed by atoms with Gasteiger partial charge in [-0.15, -0.1) is 0 Å². The van der Waals surface area contributed by atoms with Gasteiger partial charge in [0.2, 0.25) is 0 Å². The first-order valence-electron chi connectivity index (χ1n) is 6.44. The number of anilines is 1. The third-order valence-electron chi connectivity index (χ3n) is 2.69. The van der Waals surface area contributed by atoms with Gasteiger partial charge in [-0.25, -0.2) is 4.79 Å². The molecule has 2 atom stereocenters. The van der Waals surface area contributed by atoms with Crippen molar-refractivity contribution < 1.29 is 24.6 Å². The molecule has 2 unspecified atom stereocenters. The number of rotatable bonds is 9. The number of para-hydroxylation sites is 1. The smallest absolute Gasteiger partial charge is 0.327 e. The molecule has 1 aromatic carbocycles. The molecule has 0 aliphatic heterocycles. The Morgan fingerprint density at radius 1 is 1.09 bits per heavy atom. The van der Waals surface area contributed by atoms with Crippen molar-refractivity contribution in [2.75, 3.05) is 17.2 Å². The normalized spacial score (nSPS) is 13.1. The molecule has 0 aliphatic rings. The summed E-state index contributed by atoms with van der Waals surface area (Å²) in [6.07, 6.45) is 0. The third-order valence-corrected chi connectivity index (χ3v) is 5.14. The van der Waals surface area contributed by atoms with E-state index in [1.807, 2.05) is 0 Å². The molecule has 126 valence electrons. The van der Waals surface area contributed by atoms with Gasteiger partial charge in [-0.3, -0.25) is 9.59 Å². The van der Waals surface area contributed by atoms with Crippen LogP contribution >= 0.6 is 21.6 Å². The van der Waals surface area contributed by atoms with E-state index in [-0.39, 0.29) is 22.8 Å². The second kappa shape index (κ2) is 9.28.